The van der Waals surface area contributed by atoms with Gasteiger partial charge in [-0.05, 0) is 48.9 Å². The van der Waals surface area contributed by atoms with Gasteiger partial charge in [-0.15, -0.1) is 12.4 Å². The van der Waals surface area contributed by atoms with Gasteiger partial charge in [0.1, 0.15) is 0 Å². The Kier molecular flexibility index (Phi) is 5.84. The number of ether oxygens (including phenoxy) is 1. The average Bonchev–Trinajstić information content (AvgIpc) is 3.20. The van der Waals surface area contributed by atoms with E-state index in [1.807, 2.05) is 18.2 Å². The normalized spacial score (nSPS) is 22.0. The average molecular weight is 325 g/mol. The molecule has 1 spiro atoms. The minimum Gasteiger partial charge on any atom is -0.380 e. The van der Waals surface area contributed by atoms with Crippen LogP contribution in [0.5, 0.6) is 0 Å². The molecule has 1 aliphatic carbocycles. The van der Waals surface area contributed by atoms with Crippen LogP contribution in [0.15, 0.2) is 24.3 Å². The summed E-state index contributed by atoms with van der Waals surface area (Å²) in [4.78, 5) is 12.3. The minimum absolute atomic E-state index is 0. The molecule has 1 amide bonds. The van der Waals surface area contributed by atoms with Crippen molar-refractivity contribution in [3.63, 3.8) is 0 Å². The fourth-order valence-corrected chi connectivity index (χ4v) is 3.50. The highest BCUT2D eigenvalue weighted by Crippen LogP contribution is 2.58. The lowest BCUT2D eigenvalue weighted by Gasteiger charge is -2.23. The van der Waals surface area contributed by atoms with Crippen molar-refractivity contribution in [2.75, 3.05) is 20.2 Å². The summed E-state index contributed by atoms with van der Waals surface area (Å²) >= 11 is 0. The number of nitrogens with one attached hydrogen (secondary N) is 2. The van der Waals surface area contributed by atoms with Gasteiger partial charge in [-0.1, -0.05) is 24.3 Å². The number of carbonyl (C=O) groups excluding carboxylic acids is 1. The number of halogens is 1. The van der Waals surface area contributed by atoms with Crippen molar-refractivity contribution < 1.29 is 9.53 Å². The molecule has 3 rings (SSSR count). The van der Waals surface area contributed by atoms with Crippen LogP contribution in [0.1, 0.15) is 30.4 Å². The molecule has 1 aromatic rings. The van der Waals surface area contributed by atoms with E-state index in [-0.39, 0.29) is 24.2 Å². The quantitative estimate of drug-likeness (QED) is 0.873. The Morgan fingerprint density at radius 3 is 2.82 bits per heavy atom. The molecule has 2 aliphatic rings. The van der Waals surface area contributed by atoms with Gasteiger partial charge in [0.15, 0.2) is 0 Å². The van der Waals surface area contributed by atoms with Gasteiger partial charge in [0.25, 0.3) is 0 Å². The maximum atomic E-state index is 12.3. The van der Waals surface area contributed by atoms with Crippen LogP contribution in [0.25, 0.3) is 0 Å². The Labute approximate surface area is 138 Å². The molecule has 1 saturated carbocycles. The van der Waals surface area contributed by atoms with Crippen LogP contribution < -0.4 is 10.6 Å². The zero-order valence-corrected chi connectivity index (χ0v) is 13.9. The van der Waals surface area contributed by atoms with E-state index >= 15 is 0 Å². The van der Waals surface area contributed by atoms with Crippen LogP contribution in [0, 0.1) is 11.3 Å². The zero-order chi connectivity index (χ0) is 14.7. The molecule has 1 unspecified atom stereocenters. The highest BCUT2D eigenvalue weighted by Gasteiger charge is 2.57. The molecule has 5 heteroatoms. The molecule has 1 aliphatic heterocycles. The lowest BCUT2D eigenvalue weighted by molar-refractivity contribution is -0.123. The van der Waals surface area contributed by atoms with Crippen LogP contribution >= 0.6 is 12.4 Å². The molecular weight excluding hydrogens is 300 g/mol. The number of carbonyl (C=O) groups is 1. The number of amides is 1. The van der Waals surface area contributed by atoms with Crippen molar-refractivity contribution in [2.45, 2.75) is 32.4 Å². The summed E-state index contributed by atoms with van der Waals surface area (Å²) in [6.45, 7) is 3.34. The highest BCUT2D eigenvalue weighted by atomic mass is 35.5. The smallest absolute Gasteiger partial charge is 0.223 e. The Hall–Kier alpha value is -1.10. The maximum absolute atomic E-state index is 12.3. The van der Waals surface area contributed by atoms with Crippen molar-refractivity contribution >= 4 is 18.3 Å². The van der Waals surface area contributed by atoms with Crippen molar-refractivity contribution in [3.05, 3.63) is 35.4 Å². The summed E-state index contributed by atoms with van der Waals surface area (Å²) in [6, 6.07) is 8.20. The molecule has 2 fully saturated rings. The van der Waals surface area contributed by atoms with Gasteiger partial charge in [0.2, 0.25) is 5.91 Å². The van der Waals surface area contributed by atoms with Gasteiger partial charge in [-0.2, -0.15) is 0 Å². The fraction of sp³-hybridized carbons (Fsp3) is 0.588. The summed E-state index contributed by atoms with van der Waals surface area (Å²) in [6.07, 6.45) is 3.37. The molecule has 1 atom stereocenters. The van der Waals surface area contributed by atoms with Crippen molar-refractivity contribution in [3.8, 4) is 0 Å². The number of benzene rings is 1. The Morgan fingerprint density at radius 1 is 1.36 bits per heavy atom. The molecule has 0 aromatic heterocycles. The molecule has 2 N–H and O–H groups in total. The van der Waals surface area contributed by atoms with Crippen LogP contribution in [0.3, 0.4) is 0 Å². The first-order valence-electron chi connectivity index (χ1n) is 7.79. The van der Waals surface area contributed by atoms with E-state index in [0.29, 0.717) is 18.6 Å². The maximum Gasteiger partial charge on any atom is 0.223 e. The van der Waals surface area contributed by atoms with Gasteiger partial charge >= 0.3 is 0 Å². The lowest BCUT2D eigenvalue weighted by atomic mass is 9.92. The van der Waals surface area contributed by atoms with Gasteiger partial charge in [0.05, 0.1) is 6.61 Å². The fourth-order valence-electron chi connectivity index (χ4n) is 3.50. The van der Waals surface area contributed by atoms with Crippen molar-refractivity contribution in [1.29, 1.82) is 0 Å². The van der Waals surface area contributed by atoms with Gasteiger partial charge in [0, 0.05) is 19.6 Å². The third-order valence-electron chi connectivity index (χ3n) is 4.87. The summed E-state index contributed by atoms with van der Waals surface area (Å²) < 4.78 is 5.14. The first-order chi connectivity index (χ1) is 10.2. The second kappa shape index (κ2) is 7.44. The standard InChI is InChI=1S/C17H24N2O2.ClH/c1-21-12-14-4-2-3-13(9-14)11-19-16(20)15-10-17(15)5-7-18-8-6-17;/h2-4,9,15,18H,5-8,10-12H2,1H3,(H,19,20);1H. The third-order valence-corrected chi connectivity index (χ3v) is 4.87. The molecule has 1 heterocycles. The van der Waals surface area contributed by atoms with Gasteiger partial charge in [-0.3, -0.25) is 4.79 Å². The summed E-state index contributed by atoms with van der Waals surface area (Å²) in [5, 5.41) is 6.47. The highest BCUT2D eigenvalue weighted by molar-refractivity contribution is 5.85. The number of hydrogen-bond acceptors (Lipinski definition) is 3. The Balaban J connectivity index is 0.00000176. The summed E-state index contributed by atoms with van der Waals surface area (Å²) in [5.74, 6) is 0.468. The van der Waals surface area contributed by atoms with E-state index in [9.17, 15) is 4.79 Å². The van der Waals surface area contributed by atoms with E-state index in [1.165, 1.54) is 0 Å². The van der Waals surface area contributed by atoms with E-state index in [0.717, 1.165) is 43.5 Å². The molecule has 1 saturated heterocycles. The molecule has 0 bridgehead atoms. The lowest BCUT2D eigenvalue weighted by Crippen LogP contribution is -2.33. The van der Waals surface area contributed by atoms with Gasteiger partial charge in [-0.25, -0.2) is 0 Å². The van der Waals surface area contributed by atoms with Crippen LogP contribution in [0.2, 0.25) is 0 Å². The number of piperidine rings is 1. The SMILES string of the molecule is COCc1cccc(CNC(=O)C2CC23CCNCC3)c1.Cl. The molecular formula is C17H25ClN2O2. The van der Waals surface area contributed by atoms with E-state index in [1.54, 1.807) is 7.11 Å². The molecule has 0 radical (unpaired) electrons. The number of hydrogen-bond donors (Lipinski definition) is 2. The van der Waals surface area contributed by atoms with E-state index < -0.39 is 0 Å². The Bertz CT molecular complexity index is 515. The summed E-state index contributed by atoms with van der Waals surface area (Å²) in [7, 11) is 1.69. The monoisotopic (exact) mass is 324 g/mol. The molecule has 4 nitrogen and oxygen atoms in total. The van der Waals surface area contributed by atoms with E-state index in [2.05, 4.69) is 16.7 Å². The van der Waals surface area contributed by atoms with Crippen molar-refractivity contribution in [1.82, 2.24) is 10.6 Å². The van der Waals surface area contributed by atoms with Crippen LogP contribution in [0.4, 0.5) is 0 Å². The topological polar surface area (TPSA) is 50.4 Å². The molecule has 1 aromatic carbocycles. The zero-order valence-electron chi connectivity index (χ0n) is 13.1. The minimum atomic E-state index is 0. The number of methoxy groups -OCH3 is 1. The largest absolute Gasteiger partial charge is 0.380 e. The predicted molar refractivity (Wildman–Crippen MR) is 88.9 cm³/mol. The van der Waals surface area contributed by atoms with Gasteiger partial charge < -0.3 is 15.4 Å². The van der Waals surface area contributed by atoms with Crippen LogP contribution in [-0.4, -0.2) is 26.1 Å². The summed E-state index contributed by atoms with van der Waals surface area (Å²) in [5.41, 5.74) is 2.59. The molecule has 22 heavy (non-hydrogen) atoms. The molecule has 122 valence electrons. The second-order valence-electron chi connectivity index (χ2n) is 6.34. The van der Waals surface area contributed by atoms with Crippen molar-refractivity contribution in [2.24, 2.45) is 11.3 Å². The third kappa shape index (κ3) is 3.80. The first-order valence-corrected chi connectivity index (χ1v) is 7.79. The number of rotatable bonds is 5. The second-order valence-corrected chi connectivity index (χ2v) is 6.34. The Morgan fingerprint density at radius 2 is 2.09 bits per heavy atom. The predicted octanol–water partition coefficient (Wildman–Crippen LogP) is 2.26. The van der Waals surface area contributed by atoms with E-state index in [4.69, 9.17) is 4.74 Å². The van der Waals surface area contributed by atoms with Crippen LogP contribution in [-0.2, 0) is 22.7 Å². The first kappa shape index (κ1) is 17.3.